The molecule has 0 saturated carbocycles. The average Bonchev–Trinajstić information content (AvgIpc) is 2.29. The summed E-state index contributed by atoms with van der Waals surface area (Å²) in [5.41, 5.74) is -0.414. The predicted molar refractivity (Wildman–Crippen MR) is 64.2 cm³/mol. The summed E-state index contributed by atoms with van der Waals surface area (Å²) in [6.45, 7) is 6.17. The molecule has 1 rings (SSSR count). The summed E-state index contributed by atoms with van der Waals surface area (Å²) in [5.74, 6) is 0.142. The molecule has 4 nitrogen and oxygen atoms in total. The van der Waals surface area contributed by atoms with Crippen LogP contribution in [0.4, 0.5) is 0 Å². The van der Waals surface area contributed by atoms with Crippen molar-refractivity contribution in [1.29, 1.82) is 0 Å². The Labute approximate surface area is 98.0 Å². The molecule has 0 aromatic rings. The Hall–Kier alpha value is -0.610. The molecule has 1 amide bonds. The van der Waals surface area contributed by atoms with Gasteiger partial charge < -0.3 is 15.3 Å². The SMILES string of the molecule is CCCN(CCO)C(=O)C1(C)CCCCN1. The number of nitrogens with zero attached hydrogens (tertiary/aromatic N) is 1. The molecular formula is C12H24N2O2. The third-order valence-electron chi connectivity index (χ3n) is 3.24. The first-order chi connectivity index (χ1) is 7.64. The van der Waals surface area contributed by atoms with Gasteiger partial charge in [-0.2, -0.15) is 0 Å². The van der Waals surface area contributed by atoms with Crippen molar-refractivity contribution in [2.75, 3.05) is 26.2 Å². The lowest BCUT2D eigenvalue weighted by Gasteiger charge is -2.37. The van der Waals surface area contributed by atoms with Gasteiger partial charge in [-0.3, -0.25) is 4.79 Å². The maximum Gasteiger partial charge on any atom is 0.242 e. The van der Waals surface area contributed by atoms with Crippen LogP contribution < -0.4 is 5.32 Å². The molecule has 0 aromatic heterocycles. The number of carbonyl (C=O) groups is 1. The van der Waals surface area contributed by atoms with Crippen LogP contribution in [0.2, 0.25) is 0 Å². The summed E-state index contributed by atoms with van der Waals surface area (Å²) in [7, 11) is 0. The fraction of sp³-hybridized carbons (Fsp3) is 0.917. The van der Waals surface area contributed by atoms with Crippen LogP contribution in [0.1, 0.15) is 39.5 Å². The van der Waals surface area contributed by atoms with E-state index in [4.69, 9.17) is 5.11 Å². The number of hydrogen-bond acceptors (Lipinski definition) is 3. The standard InChI is InChI=1S/C12H24N2O2/c1-3-8-14(9-10-15)11(16)12(2)6-4-5-7-13-12/h13,15H,3-10H2,1-2H3. The van der Waals surface area contributed by atoms with Crippen molar-refractivity contribution in [1.82, 2.24) is 10.2 Å². The lowest BCUT2D eigenvalue weighted by molar-refractivity contribution is -0.139. The van der Waals surface area contributed by atoms with E-state index in [2.05, 4.69) is 5.32 Å². The molecule has 1 atom stereocenters. The fourth-order valence-corrected chi connectivity index (χ4v) is 2.29. The summed E-state index contributed by atoms with van der Waals surface area (Å²) in [5, 5.41) is 12.3. The van der Waals surface area contributed by atoms with Crippen molar-refractivity contribution in [2.24, 2.45) is 0 Å². The first kappa shape index (κ1) is 13.5. The topological polar surface area (TPSA) is 52.6 Å². The zero-order chi connectivity index (χ0) is 12.0. The van der Waals surface area contributed by atoms with E-state index in [9.17, 15) is 4.79 Å². The second-order valence-corrected chi connectivity index (χ2v) is 4.73. The van der Waals surface area contributed by atoms with Crippen LogP contribution in [-0.4, -0.2) is 47.7 Å². The molecule has 2 N–H and O–H groups in total. The Bertz CT molecular complexity index is 219. The summed E-state index contributed by atoms with van der Waals surface area (Å²) in [4.78, 5) is 14.1. The van der Waals surface area contributed by atoms with Gasteiger partial charge in [-0.1, -0.05) is 6.92 Å². The van der Waals surface area contributed by atoms with Gasteiger partial charge in [0.1, 0.15) is 0 Å². The van der Waals surface area contributed by atoms with Crippen LogP contribution in [0, 0.1) is 0 Å². The third-order valence-corrected chi connectivity index (χ3v) is 3.24. The molecular weight excluding hydrogens is 204 g/mol. The first-order valence-corrected chi connectivity index (χ1v) is 6.29. The van der Waals surface area contributed by atoms with E-state index in [1.54, 1.807) is 4.90 Å². The van der Waals surface area contributed by atoms with E-state index in [0.717, 1.165) is 38.8 Å². The smallest absolute Gasteiger partial charge is 0.242 e. The van der Waals surface area contributed by atoms with Gasteiger partial charge >= 0.3 is 0 Å². The third kappa shape index (κ3) is 3.19. The Morgan fingerprint density at radius 2 is 2.19 bits per heavy atom. The van der Waals surface area contributed by atoms with Crippen LogP contribution in [0.25, 0.3) is 0 Å². The van der Waals surface area contributed by atoms with E-state index < -0.39 is 5.54 Å². The normalized spacial score (nSPS) is 25.4. The molecule has 94 valence electrons. The minimum absolute atomic E-state index is 0.0435. The molecule has 1 fully saturated rings. The van der Waals surface area contributed by atoms with Gasteiger partial charge in [-0.15, -0.1) is 0 Å². The van der Waals surface area contributed by atoms with Gasteiger partial charge in [0, 0.05) is 13.1 Å². The highest BCUT2D eigenvalue weighted by Crippen LogP contribution is 2.21. The maximum atomic E-state index is 12.4. The largest absolute Gasteiger partial charge is 0.395 e. The number of amides is 1. The van der Waals surface area contributed by atoms with Gasteiger partial charge in [0.25, 0.3) is 0 Å². The summed E-state index contributed by atoms with van der Waals surface area (Å²) < 4.78 is 0. The van der Waals surface area contributed by atoms with E-state index >= 15 is 0 Å². The second-order valence-electron chi connectivity index (χ2n) is 4.73. The quantitative estimate of drug-likeness (QED) is 0.730. The van der Waals surface area contributed by atoms with Gasteiger partial charge in [0.2, 0.25) is 5.91 Å². The molecule has 1 aliphatic heterocycles. The molecule has 0 aromatic carbocycles. The van der Waals surface area contributed by atoms with Crippen molar-refractivity contribution in [3.8, 4) is 0 Å². The zero-order valence-corrected chi connectivity index (χ0v) is 10.5. The van der Waals surface area contributed by atoms with E-state index in [1.165, 1.54) is 0 Å². The predicted octanol–water partition coefficient (Wildman–Crippen LogP) is 0.749. The van der Waals surface area contributed by atoms with E-state index in [1.807, 2.05) is 13.8 Å². The number of aliphatic hydroxyl groups is 1. The van der Waals surface area contributed by atoms with Gasteiger partial charge in [0.15, 0.2) is 0 Å². The number of rotatable bonds is 5. The molecule has 4 heteroatoms. The number of piperidine rings is 1. The Kier molecular flexibility index (Phi) is 5.22. The number of aliphatic hydroxyl groups excluding tert-OH is 1. The lowest BCUT2D eigenvalue weighted by Crippen LogP contribution is -2.58. The minimum atomic E-state index is -0.414. The van der Waals surface area contributed by atoms with Gasteiger partial charge in [-0.05, 0) is 39.2 Å². The molecule has 1 unspecified atom stereocenters. The van der Waals surface area contributed by atoms with E-state index in [-0.39, 0.29) is 12.5 Å². The molecule has 16 heavy (non-hydrogen) atoms. The average molecular weight is 228 g/mol. The summed E-state index contributed by atoms with van der Waals surface area (Å²) >= 11 is 0. The van der Waals surface area contributed by atoms with Gasteiger partial charge in [-0.25, -0.2) is 0 Å². The number of hydrogen-bond donors (Lipinski definition) is 2. The fourth-order valence-electron chi connectivity index (χ4n) is 2.29. The Morgan fingerprint density at radius 3 is 2.69 bits per heavy atom. The molecule has 0 aliphatic carbocycles. The molecule has 1 aliphatic rings. The van der Waals surface area contributed by atoms with Crippen LogP contribution in [0.15, 0.2) is 0 Å². The van der Waals surface area contributed by atoms with Crippen molar-refractivity contribution in [3.63, 3.8) is 0 Å². The monoisotopic (exact) mass is 228 g/mol. The molecule has 1 heterocycles. The highest BCUT2D eigenvalue weighted by molar-refractivity contribution is 5.86. The molecule has 0 bridgehead atoms. The minimum Gasteiger partial charge on any atom is -0.395 e. The molecule has 0 radical (unpaired) electrons. The molecule has 0 spiro atoms. The zero-order valence-electron chi connectivity index (χ0n) is 10.5. The number of nitrogens with one attached hydrogen (secondary N) is 1. The Balaban J connectivity index is 2.63. The Morgan fingerprint density at radius 1 is 1.44 bits per heavy atom. The van der Waals surface area contributed by atoms with Gasteiger partial charge in [0.05, 0.1) is 12.1 Å². The lowest BCUT2D eigenvalue weighted by atomic mass is 9.89. The molecule has 1 saturated heterocycles. The van der Waals surface area contributed by atoms with Crippen LogP contribution in [0.5, 0.6) is 0 Å². The van der Waals surface area contributed by atoms with Crippen LogP contribution in [-0.2, 0) is 4.79 Å². The van der Waals surface area contributed by atoms with Crippen LogP contribution in [0.3, 0.4) is 0 Å². The van der Waals surface area contributed by atoms with Crippen LogP contribution >= 0.6 is 0 Å². The number of carbonyl (C=O) groups excluding carboxylic acids is 1. The van der Waals surface area contributed by atoms with E-state index in [0.29, 0.717) is 6.54 Å². The first-order valence-electron chi connectivity index (χ1n) is 6.29. The van der Waals surface area contributed by atoms with Crippen molar-refractivity contribution < 1.29 is 9.90 Å². The summed E-state index contributed by atoms with van der Waals surface area (Å²) in [6, 6.07) is 0. The summed E-state index contributed by atoms with van der Waals surface area (Å²) in [6.07, 6.45) is 4.09. The second kappa shape index (κ2) is 6.21. The van der Waals surface area contributed by atoms with Crippen molar-refractivity contribution in [2.45, 2.75) is 45.1 Å². The maximum absolute atomic E-state index is 12.4. The van der Waals surface area contributed by atoms with Crippen molar-refractivity contribution in [3.05, 3.63) is 0 Å². The highest BCUT2D eigenvalue weighted by atomic mass is 16.3. The van der Waals surface area contributed by atoms with Crippen molar-refractivity contribution >= 4 is 5.91 Å². The highest BCUT2D eigenvalue weighted by Gasteiger charge is 2.36.